The molecule has 0 heterocycles. The van der Waals surface area contributed by atoms with Crippen molar-refractivity contribution in [3.05, 3.63) is 97.1 Å². The number of rotatable bonds is 26. The van der Waals surface area contributed by atoms with Gasteiger partial charge in [-0.1, -0.05) is 163 Å². The van der Waals surface area contributed by atoms with E-state index in [-0.39, 0.29) is 0 Å². The summed E-state index contributed by atoms with van der Waals surface area (Å²) < 4.78 is 5.88. The lowest BCUT2D eigenvalue weighted by atomic mass is 9.93. The van der Waals surface area contributed by atoms with Gasteiger partial charge in [0.25, 0.3) is 0 Å². The highest BCUT2D eigenvalue weighted by atomic mass is 16.5. The fourth-order valence-electron chi connectivity index (χ4n) is 5.60. The molecule has 1 nitrogen and oxygen atoms in total. The molecule has 216 valence electrons. The molecule has 39 heavy (non-hydrogen) atoms. The second-order valence-corrected chi connectivity index (χ2v) is 11.4. The monoisotopic (exact) mass is 530 g/mol. The Kier molecular flexibility index (Phi) is 20.1. The zero-order valence-electron chi connectivity index (χ0n) is 25.0. The molecule has 0 aliphatic heterocycles. The minimum absolute atomic E-state index is 0.517. The maximum atomic E-state index is 5.88. The first-order valence-corrected chi connectivity index (χ1v) is 16.3. The van der Waals surface area contributed by atoms with E-state index in [1.165, 1.54) is 127 Å². The van der Waals surface area contributed by atoms with Gasteiger partial charge < -0.3 is 4.74 Å². The van der Waals surface area contributed by atoms with E-state index in [4.69, 9.17) is 4.74 Å². The van der Waals surface area contributed by atoms with Crippen LogP contribution in [0.1, 0.15) is 139 Å². The van der Waals surface area contributed by atoms with Crippen molar-refractivity contribution in [1.29, 1.82) is 0 Å². The Balaban J connectivity index is 1.26. The van der Waals surface area contributed by atoms with Crippen molar-refractivity contribution in [1.82, 2.24) is 0 Å². The second-order valence-electron chi connectivity index (χ2n) is 11.4. The first-order chi connectivity index (χ1) is 19.3. The normalized spacial score (nSPS) is 12.7. The van der Waals surface area contributed by atoms with Crippen LogP contribution >= 0.6 is 0 Å². The van der Waals surface area contributed by atoms with Crippen LogP contribution in [0, 0.1) is 0 Å². The van der Waals surface area contributed by atoms with Gasteiger partial charge in [0.05, 0.1) is 0 Å². The van der Waals surface area contributed by atoms with Crippen LogP contribution < -0.4 is 0 Å². The first kappa shape index (κ1) is 33.1. The summed E-state index contributed by atoms with van der Waals surface area (Å²) in [6.07, 6.45) is 28.1. The van der Waals surface area contributed by atoms with Gasteiger partial charge in [-0.15, -0.1) is 13.2 Å². The minimum Gasteiger partial charge on any atom is -0.381 e. The lowest BCUT2D eigenvalue weighted by Crippen LogP contribution is -1.97. The molecule has 0 saturated carbocycles. The topological polar surface area (TPSA) is 9.23 Å². The average Bonchev–Trinajstić information content (AvgIpc) is 2.98. The maximum Gasteiger partial charge on any atom is 0.0466 e. The molecular weight excluding hydrogens is 472 g/mol. The highest BCUT2D eigenvalue weighted by Crippen LogP contribution is 2.25. The van der Waals surface area contributed by atoms with E-state index in [1.54, 1.807) is 0 Å². The molecule has 0 saturated heterocycles. The summed E-state index contributed by atoms with van der Waals surface area (Å²) in [6.45, 7) is 9.99. The quantitative estimate of drug-likeness (QED) is 0.0868. The standard InChI is InChI=1S/C38H58O/c1-3-35(37-29-21-17-22-30-37)27-19-13-9-5-7-11-15-25-33-39-34-26-16-12-8-6-10-14-20-28-36(4-2)38-31-23-18-24-32-38/h3-4,17-18,21-24,29-32,35-36H,1-2,5-16,19-20,25-28,33-34H2. The van der Waals surface area contributed by atoms with Crippen LogP contribution in [0.5, 0.6) is 0 Å². The molecular formula is C38H58O. The van der Waals surface area contributed by atoms with Crippen molar-refractivity contribution in [2.75, 3.05) is 13.2 Å². The summed E-state index contributed by atoms with van der Waals surface area (Å²) in [7, 11) is 0. The van der Waals surface area contributed by atoms with Gasteiger partial charge in [-0.3, -0.25) is 0 Å². The molecule has 2 atom stereocenters. The van der Waals surface area contributed by atoms with Crippen LogP contribution in [-0.2, 0) is 4.74 Å². The molecule has 0 N–H and O–H groups in total. The highest BCUT2D eigenvalue weighted by molar-refractivity contribution is 5.23. The van der Waals surface area contributed by atoms with Gasteiger partial charge >= 0.3 is 0 Å². The van der Waals surface area contributed by atoms with Crippen LogP contribution in [0.3, 0.4) is 0 Å². The molecule has 0 aromatic heterocycles. The van der Waals surface area contributed by atoms with Crippen molar-refractivity contribution >= 4 is 0 Å². The van der Waals surface area contributed by atoms with Gasteiger partial charge in [0.1, 0.15) is 0 Å². The van der Waals surface area contributed by atoms with Crippen molar-refractivity contribution in [2.24, 2.45) is 0 Å². The zero-order chi connectivity index (χ0) is 27.6. The van der Waals surface area contributed by atoms with Gasteiger partial charge in [-0.2, -0.15) is 0 Å². The van der Waals surface area contributed by atoms with E-state index < -0.39 is 0 Å². The summed E-state index contributed by atoms with van der Waals surface area (Å²) in [6, 6.07) is 21.6. The molecule has 0 spiro atoms. The average molecular weight is 531 g/mol. The number of hydrogen-bond donors (Lipinski definition) is 0. The smallest absolute Gasteiger partial charge is 0.0466 e. The SMILES string of the molecule is C=CC(CCCCCCCCCCOCCCCCCCCCCC(C=C)c1ccccc1)c1ccccc1. The molecule has 0 aliphatic rings. The van der Waals surface area contributed by atoms with E-state index in [1.807, 2.05) is 0 Å². The third kappa shape index (κ3) is 16.6. The van der Waals surface area contributed by atoms with Crippen LogP contribution in [-0.4, -0.2) is 13.2 Å². The van der Waals surface area contributed by atoms with E-state index in [2.05, 4.69) is 86.0 Å². The third-order valence-electron chi connectivity index (χ3n) is 8.13. The lowest BCUT2D eigenvalue weighted by molar-refractivity contribution is 0.125. The van der Waals surface area contributed by atoms with Gasteiger partial charge in [-0.05, 0) is 36.8 Å². The summed E-state index contributed by atoms with van der Waals surface area (Å²) in [4.78, 5) is 0. The summed E-state index contributed by atoms with van der Waals surface area (Å²) in [5.74, 6) is 1.03. The molecule has 0 bridgehead atoms. The zero-order valence-corrected chi connectivity index (χ0v) is 25.0. The van der Waals surface area contributed by atoms with E-state index >= 15 is 0 Å². The molecule has 0 aliphatic carbocycles. The molecule has 1 heteroatoms. The van der Waals surface area contributed by atoms with E-state index in [0.29, 0.717) is 11.8 Å². The lowest BCUT2D eigenvalue weighted by Gasteiger charge is -2.12. The molecule has 0 amide bonds. The van der Waals surface area contributed by atoms with E-state index in [0.717, 1.165) is 13.2 Å². The number of hydrogen-bond acceptors (Lipinski definition) is 1. The van der Waals surface area contributed by atoms with Gasteiger partial charge in [-0.25, -0.2) is 0 Å². The fourth-order valence-corrected chi connectivity index (χ4v) is 5.60. The number of ether oxygens (including phenoxy) is 1. The molecule has 0 fully saturated rings. The van der Waals surface area contributed by atoms with Gasteiger partial charge in [0.15, 0.2) is 0 Å². The first-order valence-electron chi connectivity index (χ1n) is 16.3. The van der Waals surface area contributed by atoms with Crippen LogP contribution in [0.4, 0.5) is 0 Å². The summed E-state index contributed by atoms with van der Waals surface area (Å²) in [5.41, 5.74) is 2.82. The highest BCUT2D eigenvalue weighted by Gasteiger charge is 2.07. The van der Waals surface area contributed by atoms with Crippen LogP contribution in [0.2, 0.25) is 0 Å². The predicted molar refractivity (Wildman–Crippen MR) is 173 cm³/mol. The van der Waals surface area contributed by atoms with Gasteiger partial charge in [0.2, 0.25) is 0 Å². The Morgan fingerprint density at radius 1 is 0.436 bits per heavy atom. The molecule has 2 rings (SSSR count). The Bertz CT molecular complexity index is 742. The molecule has 2 aromatic rings. The second kappa shape index (κ2) is 23.7. The van der Waals surface area contributed by atoms with Crippen molar-refractivity contribution in [3.8, 4) is 0 Å². The molecule has 2 aromatic carbocycles. The largest absolute Gasteiger partial charge is 0.381 e. The van der Waals surface area contributed by atoms with Gasteiger partial charge in [0, 0.05) is 25.0 Å². The molecule has 2 unspecified atom stereocenters. The summed E-state index contributed by atoms with van der Waals surface area (Å²) in [5, 5.41) is 0. The fraction of sp³-hybridized carbons (Fsp3) is 0.579. The predicted octanol–water partition coefficient (Wildman–Crippen LogP) is 12.0. The van der Waals surface area contributed by atoms with Crippen molar-refractivity contribution in [3.63, 3.8) is 0 Å². The number of unbranched alkanes of at least 4 members (excludes halogenated alkanes) is 14. The number of allylic oxidation sites excluding steroid dienone is 2. The van der Waals surface area contributed by atoms with E-state index in [9.17, 15) is 0 Å². The minimum atomic E-state index is 0.517. The Morgan fingerprint density at radius 3 is 1.08 bits per heavy atom. The third-order valence-corrected chi connectivity index (χ3v) is 8.13. The number of benzene rings is 2. The maximum absolute atomic E-state index is 5.88. The Labute approximate surface area is 242 Å². The summed E-state index contributed by atoms with van der Waals surface area (Å²) >= 11 is 0. The van der Waals surface area contributed by atoms with Crippen molar-refractivity contribution < 1.29 is 4.74 Å². The van der Waals surface area contributed by atoms with Crippen LogP contribution in [0.15, 0.2) is 86.0 Å². The Morgan fingerprint density at radius 2 is 0.744 bits per heavy atom. The Hall–Kier alpha value is -2.12. The van der Waals surface area contributed by atoms with Crippen LogP contribution in [0.25, 0.3) is 0 Å². The molecule has 0 radical (unpaired) electrons. The van der Waals surface area contributed by atoms with Crippen molar-refractivity contribution in [2.45, 2.75) is 127 Å².